The Labute approximate surface area is 148 Å². The second-order valence-corrected chi connectivity index (χ2v) is 6.19. The highest BCUT2D eigenvalue weighted by atomic mass is 14.8. The lowest BCUT2D eigenvalue weighted by molar-refractivity contribution is 0.777. The number of hydrogen-bond acceptors (Lipinski definition) is 2. The van der Waals surface area contributed by atoms with Crippen molar-refractivity contribution >= 4 is 0 Å². The Morgan fingerprint density at radius 3 is 1.92 bits per heavy atom. The van der Waals surface area contributed by atoms with Crippen LogP contribution in [0.4, 0.5) is 0 Å². The Bertz CT molecular complexity index is 957. The van der Waals surface area contributed by atoms with Gasteiger partial charge in [0.2, 0.25) is 0 Å². The van der Waals surface area contributed by atoms with Crippen LogP contribution >= 0.6 is 0 Å². The van der Waals surface area contributed by atoms with Crippen LogP contribution in [0.25, 0.3) is 11.4 Å². The summed E-state index contributed by atoms with van der Waals surface area (Å²) in [6.07, 6.45) is 11.9. The molecule has 2 heterocycles. The third-order valence-corrected chi connectivity index (χ3v) is 5.31. The van der Waals surface area contributed by atoms with Gasteiger partial charge < -0.3 is 0 Å². The topological polar surface area (TPSA) is 25.8 Å². The lowest BCUT2D eigenvalue weighted by Gasteiger charge is -2.31. The Morgan fingerprint density at radius 1 is 0.880 bits per heavy atom. The molecule has 4 rings (SSSR count). The average Bonchev–Trinajstić information content (AvgIpc) is 3.12. The zero-order valence-corrected chi connectivity index (χ0v) is 14.6. The van der Waals surface area contributed by atoms with Crippen LogP contribution in [0.3, 0.4) is 0 Å². The van der Waals surface area contributed by atoms with Crippen LogP contribution in [0, 0.1) is 0 Å². The van der Waals surface area contributed by atoms with Crippen LogP contribution in [-0.2, 0) is 5.41 Å². The van der Waals surface area contributed by atoms with E-state index in [2.05, 4.69) is 61.3 Å². The number of pyridine rings is 2. The first-order valence-corrected chi connectivity index (χ1v) is 8.50. The predicted molar refractivity (Wildman–Crippen MR) is 103 cm³/mol. The van der Waals surface area contributed by atoms with Crippen molar-refractivity contribution in [3.05, 3.63) is 108 Å². The molecule has 2 aliphatic carbocycles. The van der Waals surface area contributed by atoms with Crippen molar-refractivity contribution in [2.45, 2.75) is 19.3 Å². The van der Waals surface area contributed by atoms with E-state index in [1.807, 2.05) is 36.7 Å². The van der Waals surface area contributed by atoms with Crippen molar-refractivity contribution in [1.29, 1.82) is 0 Å². The zero-order chi connectivity index (χ0) is 17.6. The highest BCUT2D eigenvalue weighted by molar-refractivity contribution is 5.88. The maximum absolute atomic E-state index is 4.67. The molecule has 1 spiro atoms. The summed E-state index contributed by atoms with van der Waals surface area (Å²) >= 11 is 0. The summed E-state index contributed by atoms with van der Waals surface area (Å²) in [6.45, 7) is 12.4. The lowest BCUT2D eigenvalue weighted by Crippen LogP contribution is -2.27. The fraction of sp³-hybridized carbons (Fsp3) is 0.130. The minimum Gasteiger partial charge on any atom is -0.254 e. The maximum Gasteiger partial charge on any atom is 0.0937 e. The molecule has 0 N–H and O–H groups in total. The van der Waals surface area contributed by atoms with E-state index in [9.17, 15) is 0 Å². The van der Waals surface area contributed by atoms with Gasteiger partial charge in [-0.1, -0.05) is 49.6 Å². The van der Waals surface area contributed by atoms with Gasteiger partial charge in [-0.3, -0.25) is 9.97 Å². The molecule has 2 heteroatoms. The van der Waals surface area contributed by atoms with Gasteiger partial charge in [-0.05, 0) is 59.4 Å². The molecule has 2 nitrogen and oxygen atoms in total. The first-order valence-electron chi connectivity index (χ1n) is 8.50. The van der Waals surface area contributed by atoms with Gasteiger partial charge in [0.1, 0.15) is 0 Å². The first kappa shape index (κ1) is 15.5. The molecule has 0 atom stereocenters. The zero-order valence-electron chi connectivity index (χ0n) is 14.6. The van der Waals surface area contributed by atoms with E-state index in [1.54, 1.807) is 0 Å². The minimum absolute atomic E-state index is 0.408. The van der Waals surface area contributed by atoms with E-state index in [-0.39, 0.29) is 0 Å². The van der Waals surface area contributed by atoms with E-state index in [4.69, 9.17) is 0 Å². The van der Waals surface area contributed by atoms with Crippen molar-refractivity contribution in [3.63, 3.8) is 0 Å². The van der Waals surface area contributed by atoms with Gasteiger partial charge in [0.25, 0.3) is 0 Å². The van der Waals surface area contributed by atoms with E-state index in [1.165, 1.54) is 22.3 Å². The molecule has 2 aliphatic rings. The second kappa shape index (κ2) is 5.52. The Kier molecular flexibility index (Phi) is 3.43. The molecular weight excluding hydrogens is 304 g/mol. The molecule has 0 amide bonds. The summed E-state index contributed by atoms with van der Waals surface area (Å²) in [4.78, 5) is 9.33. The van der Waals surface area contributed by atoms with Gasteiger partial charge in [0.05, 0.1) is 16.8 Å². The average molecular weight is 324 g/mol. The Morgan fingerprint density at radius 2 is 1.48 bits per heavy atom. The molecule has 0 radical (unpaired) electrons. The number of rotatable bonds is 2. The van der Waals surface area contributed by atoms with E-state index in [0.717, 1.165) is 22.5 Å². The number of fused-ring (bicyclic) bond motifs is 5. The highest BCUT2D eigenvalue weighted by Crippen LogP contribution is 2.62. The van der Waals surface area contributed by atoms with Crippen molar-refractivity contribution < 1.29 is 0 Å². The molecule has 0 saturated heterocycles. The summed E-state index contributed by atoms with van der Waals surface area (Å²) in [5.74, 6) is 0. The van der Waals surface area contributed by atoms with Gasteiger partial charge in [0.15, 0.2) is 0 Å². The van der Waals surface area contributed by atoms with Crippen LogP contribution < -0.4 is 0 Å². The van der Waals surface area contributed by atoms with Crippen LogP contribution in [0.1, 0.15) is 25.0 Å². The molecule has 0 fully saturated rings. The molecule has 122 valence electrons. The van der Waals surface area contributed by atoms with Crippen LogP contribution in [0.2, 0.25) is 0 Å². The third-order valence-electron chi connectivity index (χ3n) is 5.31. The molecule has 0 aliphatic heterocycles. The van der Waals surface area contributed by atoms with Crippen molar-refractivity contribution in [3.8, 4) is 11.4 Å². The number of nitrogens with zero attached hydrogens (tertiary/aromatic N) is 2. The molecule has 2 aromatic rings. The summed E-state index contributed by atoms with van der Waals surface area (Å²) in [5, 5.41) is 0. The molecule has 0 saturated carbocycles. The summed E-state index contributed by atoms with van der Waals surface area (Å²) in [5.41, 5.74) is 8.59. The molecule has 0 aromatic carbocycles. The summed E-state index contributed by atoms with van der Waals surface area (Å²) in [7, 11) is 0. The molecular formula is C23H20N2. The maximum atomic E-state index is 4.67. The molecule has 2 aromatic heterocycles. The van der Waals surface area contributed by atoms with Gasteiger partial charge >= 0.3 is 0 Å². The third kappa shape index (κ3) is 1.69. The van der Waals surface area contributed by atoms with E-state index >= 15 is 0 Å². The fourth-order valence-electron chi connectivity index (χ4n) is 4.52. The van der Waals surface area contributed by atoms with Crippen LogP contribution in [-0.4, -0.2) is 9.97 Å². The summed E-state index contributed by atoms with van der Waals surface area (Å²) in [6, 6.07) is 8.33. The number of aromatic nitrogens is 2. The minimum atomic E-state index is -0.408. The Balaban J connectivity index is 2.25. The molecule has 0 unspecified atom stereocenters. The smallest absolute Gasteiger partial charge is 0.0937 e. The van der Waals surface area contributed by atoms with Gasteiger partial charge in [-0.2, -0.15) is 0 Å². The standard InChI is InChI=1S/C23H20N2/c1-5-15-16(6-2)18(8-4)23(17(15)7-3)19-11-9-13-24-21(19)22-20(23)12-10-14-25-22/h5-14H,1,3H2,2,4H3/b16-6-,18-8+. The van der Waals surface area contributed by atoms with Crippen molar-refractivity contribution in [2.75, 3.05) is 0 Å². The Hall–Kier alpha value is -3.00. The van der Waals surface area contributed by atoms with Crippen LogP contribution in [0.15, 0.2) is 96.4 Å². The first-order chi connectivity index (χ1) is 12.2. The highest BCUT2D eigenvalue weighted by Gasteiger charge is 2.54. The number of allylic oxidation sites excluding steroid dienone is 8. The van der Waals surface area contributed by atoms with E-state index in [0.29, 0.717) is 0 Å². The van der Waals surface area contributed by atoms with Crippen molar-refractivity contribution in [2.24, 2.45) is 0 Å². The van der Waals surface area contributed by atoms with Crippen LogP contribution in [0.5, 0.6) is 0 Å². The predicted octanol–water partition coefficient (Wildman–Crippen LogP) is 5.32. The van der Waals surface area contributed by atoms with E-state index < -0.39 is 5.41 Å². The fourth-order valence-corrected chi connectivity index (χ4v) is 4.52. The van der Waals surface area contributed by atoms with Gasteiger partial charge in [-0.15, -0.1) is 0 Å². The largest absolute Gasteiger partial charge is 0.254 e. The van der Waals surface area contributed by atoms with Gasteiger partial charge in [0, 0.05) is 12.4 Å². The molecule has 0 bridgehead atoms. The number of hydrogen-bond donors (Lipinski definition) is 0. The quantitative estimate of drug-likeness (QED) is 0.747. The monoisotopic (exact) mass is 324 g/mol. The lowest BCUT2D eigenvalue weighted by atomic mass is 9.69. The SMILES string of the molecule is C=CC1=C(C=C)C2(C(=C/C)/C1=C\C)c1cccnc1-c1ncccc12. The summed E-state index contributed by atoms with van der Waals surface area (Å²) < 4.78 is 0. The normalized spacial score (nSPS) is 20.2. The van der Waals surface area contributed by atoms with Crippen molar-refractivity contribution in [1.82, 2.24) is 9.97 Å². The molecule has 25 heavy (non-hydrogen) atoms. The second-order valence-electron chi connectivity index (χ2n) is 6.19. The van der Waals surface area contributed by atoms with Gasteiger partial charge in [-0.25, -0.2) is 0 Å².